The van der Waals surface area contributed by atoms with Gasteiger partial charge in [0.25, 0.3) is 0 Å². The van der Waals surface area contributed by atoms with Crippen LogP contribution in [0.1, 0.15) is 13.8 Å². The zero-order chi connectivity index (χ0) is 14.0. The van der Waals surface area contributed by atoms with E-state index >= 15 is 0 Å². The van der Waals surface area contributed by atoms with E-state index in [1.165, 1.54) is 0 Å². The van der Waals surface area contributed by atoms with E-state index in [1.807, 2.05) is 36.4 Å². The third kappa shape index (κ3) is 2.84. The summed E-state index contributed by atoms with van der Waals surface area (Å²) in [7, 11) is -1.54. The Morgan fingerprint density at radius 2 is 1.74 bits per heavy atom. The molecule has 0 aliphatic heterocycles. The molecular weight excluding hydrogens is 260 g/mol. The quantitative estimate of drug-likeness (QED) is 0.933. The number of rotatable bonds is 4. The second kappa shape index (κ2) is 5.53. The van der Waals surface area contributed by atoms with E-state index in [2.05, 4.69) is 0 Å². The molecule has 3 nitrogen and oxygen atoms in total. The first-order valence-electron chi connectivity index (χ1n) is 6.13. The minimum Gasteiger partial charge on any atom is -0.480 e. The smallest absolute Gasteiger partial charge is 0.319 e. The zero-order valence-corrected chi connectivity index (χ0v) is 11.7. The summed E-state index contributed by atoms with van der Waals surface area (Å²) in [5.74, 6) is -1.19. The Morgan fingerprint density at radius 3 is 2.32 bits per heavy atom. The largest absolute Gasteiger partial charge is 0.480 e. The van der Waals surface area contributed by atoms with Crippen LogP contribution in [0.15, 0.2) is 47.4 Å². The normalized spacial score (nSPS) is 14.5. The van der Waals surface area contributed by atoms with Crippen molar-refractivity contribution in [2.45, 2.75) is 24.0 Å². The number of benzene rings is 2. The van der Waals surface area contributed by atoms with Crippen molar-refractivity contribution in [3.8, 4) is 0 Å². The molecule has 0 bridgehead atoms. The van der Waals surface area contributed by atoms with Gasteiger partial charge in [-0.05, 0) is 28.8 Å². The fourth-order valence-electron chi connectivity index (χ4n) is 2.06. The number of carboxylic acids is 1. The van der Waals surface area contributed by atoms with Crippen LogP contribution >= 0.6 is 0 Å². The molecule has 4 heteroatoms. The molecule has 0 fully saturated rings. The molecule has 2 atom stereocenters. The van der Waals surface area contributed by atoms with Crippen LogP contribution in [0.4, 0.5) is 0 Å². The number of fused-ring (bicyclic) bond motifs is 1. The molecule has 2 unspecified atom stereocenters. The first-order valence-corrected chi connectivity index (χ1v) is 7.34. The summed E-state index contributed by atoms with van der Waals surface area (Å²) in [4.78, 5) is 11.8. The Morgan fingerprint density at radius 1 is 1.11 bits per heavy atom. The number of hydrogen-bond donors (Lipinski definition) is 1. The van der Waals surface area contributed by atoms with E-state index in [9.17, 15) is 14.1 Å². The van der Waals surface area contributed by atoms with E-state index in [-0.39, 0.29) is 5.92 Å². The third-order valence-electron chi connectivity index (χ3n) is 3.03. The predicted molar refractivity (Wildman–Crippen MR) is 76.6 cm³/mol. The van der Waals surface area contributed by atoms with Gasteiger partial charge < -0.3 is 5.11 Å². The molecule has 2 rings (SSSR count). The Bertz CT molecular complexity index is 634. The van der Waals surface area contributed by atoms with Crippen LogP contribution in [-0.4, -0.2) is 20.5 Å². The van der Waals surface area contributed by atoms with Gasteiger partial charge in [-0.3, -0.25) is 9.00 Å². The van der Waals surface area contributed by atoms with E-state index in [4.69, 9.17) is 0 Å². The van der Waals surface area contributed by atoms with Gasteiger partial charge in [0, 0.05) is 4.90 Å². The Hall–Kier alpha value is -1.68. The molecule has 19 heavy (non-hydrogen) atoms. The number of carbonyl (C=O) groups is 1. The van der Waals surface area contributed by atoms with Crippen molar-refractivity contribution in [1.29, 1.82) is 0 Å². The molecule has 0 saturated heterocycles. The van der Waals surface area contributed by atoms with Gasteiger partial charge in [-0.15, -0.1) is 0 Å². The Balaban J connectivity index is 2.43. The van der Waals surface area contributed by atoms with Crippen LogP contribution in [-0.2, 0) is 15.6 Å². The summed E-state index contributed by atoms with van der Waals surface area (Å²) in [6.07, 6.45) is 0. The van der Waals surface area contributed by atoms with E-state index in [0.717, 1.165) is 10.8 Å². The SMILES string of the molecule is CC(C)C(C(=O)O)S(=O)c1ccc2ccccc2c1. The van der Waals surface area contributed by atoms with Crippen LogP contribution in [0.3, 0.4) is 0 Å². The standard InChI is InChI=1S/C15H16O3S/c1-10(2)14(15(16)17)19(18)13-8-7-11-5-3-4-6-12(11)9-13/h3-10,14H,1-2H3,(H,16,17). The molecule has 100 valence electrons. The summed E-state index contributed by atoms with van der Waals surface area (Å²) in [6.45, 7) is 3.55. The maximum absolute atomic E-state index is 12.4. The average molecular weight is 276 g/mol. The van der Waals surface area contributed by atoms with Crippen molar-refractivity contribution in [2.24, 2.45) is 5.92 Å². The lowest BCUT2D eigenvalue weighted by molar-refractivity contribution is -0.137. The molecule has 1 N–H and O–H groups in total. The summed E-state index contributed by atoms with van der Waals surface area (Å²) >= 11 is 0. The number of aliphatic carboxylic acids is 1. The van der Waals surface area contributed by atoms with Crippen molar-refractivity contribution in [2.75, 3.05) is 0 Å². The van der Waals surface area contributed by atoms with E-state index < -0.39 is 22.0 Å². The van der Waals surface area contributed by atoms with Crippen LogP contribution in [0.25, 0.3) is 10.8 Å². The Kier molecular flexibility index (Phi) is 4.00. The maximum Gasteiger partial charge on any atom is 0.319 e. The maximum atomic E-state index is 12.4. The first kappa shape index (κ1) is 13.7. The highest BCUT2D eigenvalue weighted by atomic mass is 32.2. The van der Waals surface area contributed by atoms with Crippen LogP contribution in [0.2, 0.25) is 0 Å². The summed E-state index contributed by atoms with van der Waals surface area (Å²) < 4.78 is 12.4. The highest BCUT2D eigenvalue weighted by Gasteiger charge is 2.29. The molecule has 0 aliphatic carbocycles. The van der Waals surface area contributed by atoms with Crippen molar-refractivity contribution in [3.63, 3.8) is 0 Å². The highest BCUT2D eigenvalue weighted by Crippen LogP contribution is 2.22. The fourth-order valence-corrected chi connectivity index (χ4v) is 3.48. The molecule has 0 amide bonds. The fraction of sp³-hybridized carbons (Fsp3) is 0.267. The minimum absolute atomic E-state index is 0.176. The molecule has 2 aromatic rings. The topological polar surface area (TPSA) is 54.4 Å². The van der Waals surface area contributed by atoms with Gasteiger partial charge in [-0.1, -0.05) is 44.2 Å². The first-order chi connectivity index (χ1) is 9.00. The lowest BCUT2D eigenvalue weighted by Gasteiger charge is -2.16. The summed E-state index contributed by atoms with van der Waals surface area (Å²) in [5.41, 5.74) is 0. The molecule has 0 spiro atoms. The van der Waals surface area contributed by atoms with Gasteiger partial charge in [0.2, 0.25) is 0 Å². The number of carboxylic acid groups (broad SMARTS) is 1. The lowest BCUT2D eigenvalue weighted by atomic mass is 10.1. The van der Waals surface area contributed by atoms with Gasteiger partial charge >= 0.3 is 5.97 Å². The van der Waals surface area contributed by atoms with E-state index in [1.54, 1.807) is 19.9 Å². The second-order valence-electron chi connectivity index (χ2n) is 4.81. The monoisotopic (exact) mass is 276 g/mol. The molecule has 2 aromatic carbocycles. The van der Waals surface area contributed by atoms with Gasteiger partial charge in [-0.25, -0.2) is 0 Å². The predicted octanol–water partition coefficient (Wildman–Crippen LogP) is 3.06. The van der Waals surface area contributed by atoms with Crippen molar-refractivity contribution in [3.05, 3.63) is 42.5 Å². The third-order valence-corrected chi connectivity index (χ3v) is 4.96. The van der Waals surface area contributed by atoms with Gasteiger partial charge in [-0.2, -0.15) is 0 Å². The average Bonchev–Trinajstić information content (AvgIpc) is 2.37. The minimum atomic E-state index is -1.54. The second-order valence-corrected chi connectivity index (χ2v) is 6.38. The number of hydrogen-bond acceptors (Lipinski definition) is 2. The van der Waals surface area contributed by atoms with Crippen molar-refractivity contribution < 1.29 is 14.1 Å². The zero-order valence-electron chi connectivity index (χ0n) is 10.9. The molecule has 0 aliphatic rings. The highest BCUT2D eigenvalue weighted by molar-refractivity contribution is 7.86. The Labute approximate surface area is 114 Å². The lowest BCUT2D eigenvalue weighted by Crippen LogP contribution is -2.31. The molecular formula is C15H16O3S. The molecule has 0 heterocycles. The van der Waals surface area contributed by atoms with Gasteiger partial charge in [0.1, 0.15) is 5.25 Å². The van der Waals surface area contributed by atoms with E-state index in [0.29, 0.717) is 4.90 Å². The van der Waals surface area contributed by atoms with Crippen molar-refractivity contribution >= 4 is 27.5 Å². The molecule has 0 aromatic heterocycles. The molecule has 0 radical (unpaired) electrons. The summed E-state index contributed by atoms with van der Waals surface area (Å²) in [6, 6.07) is 13.2. The van der Waals surface area contributed by atoms with Crippen LogP contribution in [0, 0.1) is 5.92 Å². The van der Waals surface area contributed by atoms with Crippen LogP contribution < -0.4 is 0 Å². The van der Waals surface area contributed by atoms with Gasteiger partial charge in [0.15, 0.2) is 0 Å². The molecule has 0 saturated carbocycles. The summed E-state index contributed by atoms with van der Waals surface area (Å²) in [5, 5.41) is 10.4. The van der Waals surface area contributed by atoms with Crippen molar-refractivity contribution in [1.82, 2.24) is 0 Å². The van der Waals surface area contributed by atoms with Gasteiger partial charge in [0.05, 0.1) is 10.8 Å². The van der Waals surface area contributed by atoms with Crippen LogP contribution in [0.5, 0.6) is 0 Å².